The van der Waals surface area contributed by atoms with Crippen molar-refractivity contribution in [3.63, 3.8) is 0 Å². The molecule has 1 unspecified atom stereocenters. The number of benzene rings is 1. The third-order valence-electron chi connectivity index (χ3n) is 2.66. The van der Waals surface area contributed by atoms with Gasteiger partial charge in [0, 0.05) is 6.20 Å². The molecule has 2 nitrogen and oxygen atoms in total. The molecule has 1 aromatic carbocycles. The fraction of sp³-hybridized carbons (Fsp3) is 0.214. The minimum absolute atomic E-state index is 0.282. The van der Waals surface area contributed by atoms with Crippen LogP contribution in [0, 0.1) is 0 Å². The Morgan fingerprint density at radius 3 is 2.53 bits per heavy atom. The SMILES string of the molecule is CCC(Nc1ccc(Cl)cn1)c1ccccc1. The van der Waals surface area contributed by atoms with Gasteiger partial charge in [-0.15, -0.1) is 0 Å². The Balaban J connectivity index is 2.13. The summed E-state index contributed by atoms with van der Waals surface area (Å²) in [5.74, 6) is 0.852. The van der Waals surface area contributed by atoms with Crippen LogP contribution in [0.3, 0.4) is 0 Å². The summed E-state index contributed by atoms with van der Waals surface area (Å²) in [6, 6.07) is 14.4. The van der Waals surface area contributed by atoms with Gasteiger partial charge in [0.1, 0.15) is 5.82 Å². The average Bonchev–Trinajstić information content (AvgIpc) is 2.39. The van der Waals surface area contributed by atoms with E-state index in [9.17, 15) is 0 Å². The van der Waals surface area contributed by atoms with Crippen molar-refractivity contribution in [2.24, 2.45) is 0 Å². The van der Waals surface area contributed by atoms with E-state index in [1.54, 1.807) is 6.20 Å². The summed E-state index contributed by atoms with van der Waals surface area (Å²) < 4.78 is 0. The molecule has 2 aromatic rings. The molecule has 0 saturated carbocycles. The van der Waals surface area contributed by atoms with Gasteiger partial charge in [0.05, 0.1) is 11.1 Å². The van der Waals surface area contributed by atoms with Gasteiger partial charge in [-0.05, 0) is 24.1 Å². The molecular weight excluding hydrogens is 232 g/mol. The van der Waals surface area contributed by atoms with E-state index in [4.69, 9.17) is 11.6 Å². The minimum atomic E-state index is 0.282. The van der Waals surface area contributed by atoms with Crippen molar-refractivity contribution in [1.82, 2.24) is 4.98 Å². The van der Waals surface area contributed by atoms with Crippen LogP contribution >= 0.6 is 11.6 Å². The lowest BCUT2D eigenvalue weighted by Crippen LogP contribution is -2.10. The van der Waals surface area contributed by atoms with Gasteiger partial charge in [0.25, 0.3) is 0 Å². The number of pyridine rings is 1. The van der Waals surface area contributed by atoms with Crippen LogP contribution in [0.5, 0.6) is 0 Å². The van der Waals surface area contributed by atoms with Crippen LogP contribution in [0.25, 0.3) is 0 Å². The molecule has 1 aromatic heterocycles. The molecule has 88 valence electrons. The number of hydrogen-bond acceptors (Lipinski definition) is 2. The molecule has 0 amide bonds. The number of halogens is 1. The lowest BCUT2D eigenvalue weighted by molar-refractivity contribution is 0.744. The quantitative estimate of drug-likeness (QED) is 0.870. The zero-order valence-electron chi connectivity index (χ0n) is 9.73. The van der Waals surface area contributed by atoms with E-state index in [0.717, 1.165) is 12.2 Å². The predicted octanol–water partition coefficient (Wildman–Crippen LogP) is 4.30. The first kappa shape index (κ1) is 11.9. The molecule has 0 bridgehead atoms. The Labute approximate surface area is 107 Å². The largest absolute Gasteiger partial charge is 0.363 e. The topological polar surface area (TPSA) is 24.9 Å². The van der Waals surface area contributed by atoms with E-state index in [1.165, 1.54) is 5.56 Å². The van der Waals surface area contributed by atoms with Crippen molar-refractivity contribution in [1.29, 1.82) is 0 Å². The van der Waals surface area contributed by atoms with E-state index in [0.29, 0.717) is 5.02 Å². The van der Waals surface area contributed by atoms with Gasteiger partial charge in [-0.1, -0.05) is 48.9 Å². The number of hydrogen-bond donors (Lipinski definition) is 1. The van der Waals surface area contributed by atoms with Crippen molar-refractivity contribution in [3.8, 4) is 0 Å². The first-order chi connectivity index (χ1) is 8.29. The van der Waals surface area contributed by atoms with E-state index < -0.39 is 0 Å². The second-order valence-electron chi connectivity index (χ2n) is 3.88. The maximum atomic E-state index is 5.81. The maximum absolute atomic E-state index is 5.81. The smallest absolute Gasteiger partial charge is 0.126 e. The van der Waals surface area contributed by atoms with E-state index in [2.05, 4.69) is 41.5 Å². The monoisotopic (exact) mass is 246 g/mol. The maximum Gasteiger partial charge on any atom is 0.126 e. The van der Waals surface area contributed by atoms with Crippen LogP contribution in [-0.2, 0) is 0 Å². The van der Waals surface area contributed by atoms with Gasteiger partial charge in [-0.2, -0.15) is 0 Å². The summed E-state index contributed by atoms with van der Waals surface area (Å²) in [4.78, 5) is 4.25. The van der Waals surface area contributed by atoms with Crippen LogP contribution in [0.4, 0.5) is 5.82 Å². The molecule has 0 saturated heterocycles. The van der Waals surface area contributed by atoms with Crippen LogP contribution in [-0.4, -0.2) is 4.98 Å². The van der Waals surface area contributed by atoms with Crippen LogP contribution in [0.15, 0.2) is 48.7 Å². The van der Waals surface area contributed by atoms with Gasteiger partial charge < -0.3 is 5.32 Å². The number of nitrogens with one attached hydrogen (secondary N) is 1. The Bertz CT molecular complexity index is 453. The Hall–Kier alpha value is -1.54. The molecule has 0 spiro atoms. The van der Waals surface area contributed by atoms with Gasteiger partial charge in [-0.3, -0.25) is 0 Å². The highest BCUT2D eigenvalue weighted by atomic mass is 35.5. The van der Waals surface area contributed by atoms with Gasteiger partial charge in [0.15, 0.2) is 0 Å². The molecule has 0 aliphatic carbocycles. The lowest BCUT2D eigenvalue weighted by atomic mass is 10.0. The third kappa shape index (κ3) is 3.21. The normalized spacial score (nSPS) is 12.1. The fourth-order valence-corrected chi connectivity index (χ4v) is 1.86. The fourth-order valence-electron chi connectivity index (χ4n) is 1.75. The van der Waals surface area contributed by atoms with Crippen molar-refractivity contribution in [3.05, 3.63) is 59.2 Å². The predicted molar refractivity (Wildman–Crippen MR) is 72.3 cm³/mol. The first-order valence-corrected chi connectivity index (χ1v) is 6.10. The Morgan fingerprint density at radius 2 is 1.94 bits per heavy atom. The number of anilines is 1. The van der Waals surface area contributed by atoms with Crippen LogP contribution in [0.1, 0.15) is 24.9 Å². The molecule has 0 aliphatic heterocycles. The summed E-state index contributed by atoms with van der Waals surface area (Å²) in [6.45, 7) is 2.15. The molecule has 17 heavy (non-hydrogen) atoms. The molecule has 0 radical (unpaired) electrons. The van der Waals surface area contributed by atoms with Crippen LogP contribution in [0.2, 0.25) is 5.02 Å². The standard InChI is InChI=1S/C14H15ClN2/c1-2-13(11-6-4-3-5-7-11)17-14-9-8-12(15)10-16-14/h3-10,13H,2H2,1H3,(H,16,17). The zero-order valence-corrected chi connectivity index (χ0v) is 10.5. The van der Waals surface area contributed by atoms with Crippen LogP contribution < -0.4 is 5.32 Å². The zero-order chi connectivity index (χ0) is 12.1. The van der Waals surface area contributed by atoms with Crippen molar-refractivity contribution in [2.45, 2.75) is 19.4 Å². The highest BCUT2D eigenvalue weighted by molar-refractivity contribution is 6.30. The first-order valence-electron chi connectivity index (χ1n) is 5.72. The molecule has 1 atom stereocenters. The van der Waals surface area contributed by atoms with Gasteiger partial charge in [0.2, 0.25) is 0 Å². The second kappa shape index (κ2) is 5.69. The second-order valence-corrected chi connectivity index (χ2v) is 4.31. The van der Waals surface area contributed by atoms with Gasteiger partial charge >= 0.3 is 0 Å². The molecule has 0 aliphatic rings. The minimum Gasteiger partial charge on any atom is -0.363 e. The van der Waals surface area contributed by atoms with Crippen molar-refractivity contribution < 1.29 is 0 Å². The Morgan fingerprint density at radius 1 is 1.18 bits per heavy atom. The number of nitrogens with zero attached hydrogens (tertiary/aromatic N) is 1. The van der Waals surface area contributed by atoms with E-state index in [1.807, 2.05) is 18.2 Å². The molecular formula is C14H15ClN2. The highest BCUT2D eigenvalue weighted by Crippen LogP contribution is 2.21. The summed E-state index contributed by atoms with van der Waals surface area (Å²) in [7, 11) is 0. The summed E-state index contributed by atoms with van der Waals surface area (Å²) in [5.41, 5.74) is 1.27. The summed E-state index contributed by atoms with van der Waals surface area (Å²) in [5, 5.41) is 4.06. The number of rotatable bonds is 4. The highest BCUT2D eigenvalue weighted by Gasteiger charge is 2.08. The van der Waals surface area contributed by atoms with Crippen molar-refractivity contribution >= 4 is 17.4 Å². The molecule has 1 N–H and O–H groups in total. The number of aromatic nitrogens is 1. The summed E-state index contributed by atoms with van der Waals surface area (Å²) >= 11 is 5.81. The lowest BCUT2D eigenvalue weighted by Gasteiger charge is -2.17. The van der Waals surface area contributed by atoms with E-state index in [-0.39, 0.29) is 6.04 Å². The molecule has 2 rings (SSSR count). The van der Waals surface area contributed by atoms with E-state index >= 15 is 0 Å². The molecule has 3 heteroatoms. The Kier molecular flexibility index (Phi) is 3.99. The molecule has 0 fully saturated rings. The summed E-state index contributed by atoms with van der Waals surface area (Å²) in [6.07, 6.45) is 2.66. The van der Waals surface area contributed by atoms with Gasteiger partial charge in [-0.25, -0.2) is 4.98 Å². The third-order valence-corrected chi connectivity index (χ3v) is 2.88. The van der Waals surface area contributed by atoms with Crippen molar-refractivity contribution in [2.75, 3.05) is 5.32 Å². The average molecular weight is 247 g/mol. The molecule has 1 heterocycles.